The van der Waals surface area contributed by atoms with Gasteiger partial charge in [0.1, 0.15) is 10.8 Å². The molecule has 0 aliphatic heterocycles. The number of anilines is 1. The maximum Gasteiger partial charge on any atom is 0.262 e. The number of hydrogen-bond donors (Lipinski definition) is 1. The van der Waals surface area contributed by atoms with Crippen LogP contribution in [0.5, 0.6) is 5.75 Å². The summed E-state index contributed by atoms with van der Waals surface area (Å²) in [7, 11) is 0. The van der Waals surface area contributed by atoms with E-state index in [1.165, 1.54) is 11.3 Å². The van der Waals surface area contributed by atoms with Gasteiger partial charge in [0.05, 0.1) is 15.7 Å². The van der Waals surface area contributed by atoms with Crippen LogP contribution >= 0.6 is 46.1 Å². The second-order valence-electron chi connectivity index (χ2n) is 6.51. The molecule has 1 heterocycles. The summed E-state index contributed by atoms with van der Waals surface area (Å²) in [5, 5.41) is 7.13. The number of thiazole rings is 1. The number of nitrogens with one attached hydrogen (secondary N) is 1. The van der Waals surface area contributed by atoms with Gasteiger partial charge in [-0.25, -0.2) is 4.98 Å². The van der Waals surface area contributed by atoms with Crippen molar-refractivity contribution in [1.82, 2.24) is 4.98 Å². The molecule has 0 unspecified atom stereocenters. The van der Waals surface area contributed by atoms with Gasteiger partial charge >= 0.3 is 0 Å². The normalized spacial score (nSPS) is 10.7. The maximum absolute atomic E-state index is 12.3. The number of benzene rings is 3. The molecule has 1 amide bonds. The predicted molar refractivity (Wildman–Crippen MR) is 129 cm³/mol. The van der Waals surface area contributed by atoms with E-state index >= 15 is 0 Å². The third kappa shape index (κ3) is 5.38. The molecule has 1 aromatic heterocycles. The van der Waals surface area contributed by atoms with E-state index in [4.69, 9.17) is 44.5 Å². The van der Waals surface area contributed by atoms with Gasteiger partial charge in [0.2, 0.25) is 0 Å². The van der Waals surface area contributed by atoms with Crippen molar-refractivity contribution in [2.75, 3.05) is 11.9 Å². The summed E-state index contributed by atoms with van der Waals surface area (Å²) in [4.78, 5) is 17.0. The minimum atomic E-state index is -0.307. The number of carbonyl (C=O) groups is 1. The van der Waals surface area contributed by atoms with E-state index in [-0.39, 0.29) is 12.5 Å². The molecule has 0 saturated heterocycles. The molecule has 156 valence electrons. The fraction of sp³-hybridized carbons (Fsp3) is 0.0435. The lowest BCUT2D eigenvalue weighted by Gasteiger charge is -2.09. The highest BCUT2D eigenvalue weighted by Crippen LogP contribution is 2.33. The van der Waals surface area contributed by atoms with Gasteiger partial charge in [-0.05, 0) is 36.4 Å². The van der Waals surface area contributed by atoms with Crippen molar-refractivity contribution in [3.05, 3.63) is 87.2 Å². The van der Waals surface area contributed by atoms with Gasteiger partial charge in [0.25, 0.3) is 5.91 Å². The zero-order valence-corrected chi connectivity index (χ0v) is 19.0. The summed E-state index contributed by atoms with van der Waals surface area (Å²) in [6.07, 6.45) is 0. The monoisotopic (exact) mass is 488 g/mol. The molecule has 0 spiro atoms. The number of halogens is 3. The fourth-order valence-electron chi connectivity index (χ4n) is 2.85. The van der Waals surface area contributed by atoms with Crippen LogP contribution in [0.1, 0.15) is 0 Å². The highest BCUT2D eigenvalue weighted by Gasteiger charge is 2.11. The first-order chi connectivity index (χ1) is 15.0. The second kappa shape index (κ2) is 9.71. The number of carbonyl (C=O) groups excluding carboxylic acids is 1. The standard InChI is InChI=1S/C23H15Cl3N2O2S/c24-15-8-9-21(19(26)11-15)30-12-22(29)27-16-5-3-4-14(10-16)20-13-31-23(28-20)17-6-1-2-7-18(17)25/h1-11,13H,12H2,(H,27,29). The minimum absolute atomic E-state index is 0.182. The fourth-order valence-corrected chi connectivity index (χ4v) is 4.47. The van der Waals surface area contributed by atoms with Crippen molar-refractivity contribution < 1.29 is 9.53 Å². The van der Waals surface area contributed by atoms with Crippen LogP contribution in [-0.4, -0.2) is 17.5 Å². The molecule has 3 aromatic carbocycles. The Balaban J connectivity index is 1.44. The molecule has 0 atom stereocenters. The molecule has 0 saturated carbocycles. The van der Waals surface area contributed by atoms with Crippen molar-refractivity contribution >= 4 is 57.7 Å². The molecule has 0 aliphatic carbocycles. The predicted octanol–water partition coefficient (Wildman–Crippen LogP) is 7.45. The van der Waals surface area contributed by atoms with Crippen molar-refractivity contribution in [3.8, 4) is 27.6 Å². The Labute approximate surface area is 198 Å². The van der Waals surface area contributed by atoms with Gasteiger partial charge in [-0.3, -0.25) is 4.79 Å². The Morgan fingerprint density at radius 1 is 0.968 bits per heavy atom. The van der Waals surface area contributed by atoms with Crippen LogP contribution in [0.4, 0.5) is 5.69 Å². The lowest BCUT2D eigenvalue weighted by molar-refractivity contribution is -0.118. The molecular formula is C23H15Cl3N2O2S. The molecule has 0 radical (unpaired) electrons. The molecule has 31 heavy (non-hydrogen) atoms. The SMILES string of the molecule is O=C(COc1ccc(Cl)cc1Cl)Nc1cccc(-c2csc(-c3ccccc3Cl)n2)c1. The summed E-state index contributed by atoms with van der Waals surface area (Å²) >= 11 is 19.7. The molecule has 0 aliphatic rings. The number of hydrogen-bond acceptors (Lipinski definition) is 4. The number of nitrogens with zero attached hydrogens (tertiary/aromatic N) is 1. The molecule has 4 rings (SSSR count). The van der Waals surface area contributed by atoms with E-state index in [1.54, 1.807) is 24.3 Å². The Hall–Kier alpha value is -2.57. The summed E-state index contributed by atoms with van der Waals surface area (Å²) in [6, 6.07) is 19.9. The Morgan fingerprint density at radius 3 is 2.61 bits per heavy atom. The average Bonchev–Trinajstić information content (AvgIpc) is 3.24. The van der Waals surface area contributed by atoms with Crippen molar-refractivity contribution in [2.24, 2.45) is 0 Å². The Morgan fingerprint density at radius 2 is 1.81 bits per heavy atom. The van der Waals surface area contributed by atoms with Crippen LogP contribution < -0.4 is 10.1 Å². The van der Waals surface area contributed by atoms with Gasteiger partial charge in [-0.2, -0.15) is 0 Å². The Kier molecular flexibility index (Phi) is 6.78. The third-order valence-electron chi connectivity index (χ3n) is 4.30. The van der Waals surface area contributed by atoms with Crippen LogP contribution in [-0.2, 0) is 4.79 Å². The number of amides is 1. The average molecular weight is 490 g/mol. The molecule has 8 heteroatoms. The first-order valence-electron chi connectivity index (χ1n) is 9.18. The van der Waals surface area contributed by atoms with Crippen molar-refractivity contribution in [1.29, 1.82) is 0 Å². The van der Waals surface area contributed by atoms with Gasteiger partial charge in [-0.15, -0.1) is 11.3 Å². The molecule has 0 fully saturated rings. The largest absolute Gasteiger partial charge is 0.482 e. The molecular weight excluding hydrogens is 475 g/mol. The van der Waals surface area contributed by atoms with Crippen molar-refractivity contribution in [3.63, 3.8) is 0 Å². The third-order valence-corrected chi connectivity index (χ3v) is 6.04. The van der Waals surface area contributed by atoms with Gasteiger partial charge in [-0.1, -0.05) is 65.1 Å². The van der Waals surface area contributed by atoms with Crippen LogP contribution in [0.25, 0.3) is 21.8 Å². The van der Waals surface area contributed by atoms with Crippen LogP contribution in [0.2, 0.25) is 15.1 Å². The first kappa shape index (κ1) is 21.7. The number of aromatic nitrogens is 1. The molecule has 1 N–H and O–H groups in total. The summed E-state index contributed by atoms with van der Waals surface area (Å²) in [5.74, 6) is 0.0859. The van der Waals surface area contributed by atoms with Crippen LogP contribution in [0.3, 0.4) is 0 Å². The second-order valence-corrected chi connectivity index (χ2v) is 8.62. The van der Waals surface area contributed by atoms with E-state index in [9.17, 15) is 4.79 Å². The zero-order valence-electron chi connectivity index (χ0n) is 15.9. The maximum atomic E-state index is 12.3. The highest BCUT2D eigenvalue weighted by molar-refractivity contribution is 7.13. The summed E-state index contributed by atoms with van der Waals surface area (Å²) in [5.41, 5.74) is 3.22. The van der Waals surface area contributed by atoms with E-state index < -0.39 is 0 Å². The van der Waals surface area contributed by atoms with Gasteiger partial charge in [0.15, 0.2) is 6.61 Å². The van der Waals surface area contributed by atoms with Gasteiger partial charge in [0, 0.05) is 27.2 Å². The van der Waals surface area contributed by atoms with Gasteiger partial charge < -0.3 is 10.1 Å². The van der Waals surface area contributed by atoms with Crippen LogP contribution in [0, 0.1) is 0 Å². The highest BCUT2D eigenvalue weighted by atomic mass is 35.5. The minimum Gasteiger partial charge on any atom is -0.482 e. The Bertz CT molecular complexity index is 1240. The zero-order chi connectivity index (χ0) is 21.8. The lowest BCUT2D eigenvalue weighted by Crippen LogP contribution is -2.20. The summed E-state index contributed by atoms with van der Waals surface area (Å²) < 4.78 is 5.48. The molecule has 0 bridgehead atoms. The molecule has 4 aromatic rings. The quantitative estimate of drug-likeness (QED) is 0.306. The van der Waals surface area contributed by atoms with E-state index in [2.05, 4.69) is 5.32 Å². The molecule has 4 nitrogen and oxygen atoms in total. The van der Waals surface area contributed by atoms with E-state index in [1.807, 2.05) is 47.8 Å². The summed E-state index contributed by atoms with van der Waals surface area (Å²) in [6.45, 7) is -0.182. The van der Waals surface area contributed by atoms with Crippen LogP contribution in [0.15, 0.2) is 72.1 Å². The number of ether oxygens (including phenoxy) is 1. The number of rotatable bonds is 6. The smallest absolute Gasteiger partial charge is 0.262 e. The lowest BCUT2D eigenvalue weighted by atomic mass is 10.1. The topological polar surface area (TPSA) is 51.2 Å². The van der Waals surface area contributed by atoms with Crippen molar-refractivity contribution in [2.45, 2.75) is 0 Å². The van der Waals surface area contributed by atoms with E-state index in [0.29, 0.717) is 26.5 Å². The van der Waals surface area contributed by atoms with E-state index in [0.717, 1.165) is 21.8 Å². The first-order valence-corrected chi connectivity index (χ1v) is 11.2.